The molecule has 0 atom stereocenters. The van der Waals surface area contributed by atoms with Crippen LogP contribution in [0.4, 0.5) is 9.18 Å². The molecule has 0 fully saturated rings. The predicted octanol–water partition coefficient (Wildman–Crippen LogP) is 4.65. The van der Waals surface area contributed by atoms with Gasteiger partial charge in [-0.3, -0.25) is 0 Å². The summed E-state index contributed by atoms with van der Waals surface area (Å²) in [5.41, 5.74) is 1.52. The van der Waals surface area contributed by atoms with E-state index in [2.05, 4.69) is 25.9 Å². The van der Waals surface area contributed by atoms with E-state index in [-0.39, 0.29) is 12.4 Å². The summed E-state index contributed by atoms with van der Waals surface area (Å²) in [5, 5.41) is 0.861. The second-order valence-corrected chi connectivity index (χ2v) is 7.70. The van der Waals surface area contributed by atoms with Crippen molar-refractivity contribution in [1.82, 2.24) is 14.9 Å². The van der Waals surface area contributed by atoms with E-state index in [1.54, 1.807) is 33.2 Å². The van der Waals surface area contributed by atoms with E-state index in [9.17, 15) is 9.18 Å². The first kappa shape index (κ1) is 17.0. The fourth-order valence-electron chi connectivity index (χ4n) is 2.72. The molecule has 0 saturated carbocycles. The van der Waals surface area contributed by atoms with Gasteiger partial charge in [-0.05, 0) is 54.8 Å². The van der Waals surface area contributed by atoms with Crippen molar-refractivity contribution < 1.29 is 13.9 Å². The Morgan fingerprint density at radius 1 is 1.46 bits per heavy atom. The quantitative estimate of drug-likeness (QED) is 0.764. The SMILES string of the molecule is CC(C)(C)OC(=O)N1CCC(c2c[nH]c3ncc(Br)cc23)=C(F)C1. The van der Waals surface area contributed by atoms with Crippen LogP contribution in [0.25, 0.3) is 16.6 Å². The topological polar surface area (TPSA) is 58.2 Å². The molecule has 1 aliphatic heterocycles. The second kappa shape index (κ2) is 6.20. The maximum atomic E-state index is 14.7. The van der Waals surface area contributed by atoms with E-state index in [1.807, 2.05) is 6.07 Å². The van der Waals surface area contributed by atoms with Gasteiger partial charge in [0.05, 0.1) is 6.54 Å². The van der Waals surface area contributed by atoms with Crippen molar-refractivity contribution in [2.24, 2.45) is 0 Å². The summed E-state index contributed by atoms with van der Waals surface area (Å²) < 4.78 is 20.8. The van der Waals surface area contributed by atoms with Gasteiger partial charge in [-0.15, -0.1) is 0 Å². The first-order valence-electron chi connectivity index (χ1n) is 7.73. The van der Waals surface area contributed by atoms with Gasteiger partial charge in [0, 0.05) is 34.4 Å². The average Bonchev–Trinajstić information content (AvgIpc) is 2.88. The fraction of sp³-hybridized carbons (Fsp3) is 0.412. The van der Waals surface area contributed by atoms with Crippen LogP contribution in [-0.4, -0.2) is 39.7 Å². The molecule has 7 heteroatoms. The van der Waals surface area contributed by atoms with Crippen LogP contribution in [0.1, 0.15) is 32.8 Å². The van der Waals surface area contributed by atoms with Gasteiger partial charge in [0.1, 0.15) is 17.1 Å². The highest BCUT2D eigenvalue weighted by Crippen LogP contribution is 2.33. The lowest BCUT2D eigenvalue weighted by atomic mass is 9.99. The molecule has 1 N–H and O–H groups in total. The van der Waals surface area contributed by atoms with Crippen LogP contribution in [0.5, 0.6) is 0 Å². The number of aromatic nitrogens is 2. The normalized spacial score (nSPS) is 16.0. The molecule has 0 bridgehead atoms. The number of halogens is 2. The van der Waals surface area contributed by atoms with E-state index in [4.69, 9.17) is 4.74 Å². The van der Waals surface area contributed by atoms with E-state index >= 15 is 0 Å². The molecule has 0 saturated heterocycles. The Morgan fingerprint density at radius 3 is 2.88 bits per heavy atom. The van der Waals surface area contributed by atoms with Crippen LogP contribution in [0.3, 0.4) is 0 Å². The smallest absolute Gasteiger partial charge is 0.410 e. The molecule has 5 nitrogen and oxygen atoms in total. The molecule has 3 heterocycles. The number of pyridine rings is 1. The lowest BCUT2D eigenvalue weighted by Gasteiger charge is -2.30. The highest BCUT2D eigenvalue weighted by Gasteiger charge is 2.28. The van der Waals surface area contributed by atoms with Gasteiger partial charge in [-0.2, -0.15) is 0 Å². The van der Waals surface area contributed by atoms with Crippen LogP contribution in [-0.2, 0) is 4.74 Å². The molecule has 0 unspecified atom stereocenters. The Hall–Kier alpha value is -1.89. The number of hydrogen-bond acceptors (Lipinski definition) is 3. The summed E-state index contributed by atoms with van der Waals surface area (Å²) in [7, 11) is 0. The molecule has 0 spiro atoms. The number of nitrogens with one attached hydrogen (secondary N) is 1. The molecule has 0 radical (unpaired) electrons. The number of fused-ring (bicyclic) bond motifs is 1. The van der Waals surface area contributed by atoms with Gasteiger partial charge < -0.3 is 14.6 Å². The van der Waals surface area contributed by atoms with Gasteiger partial charge >= 0.3 is 6.09 Å². The van der Waals surface area contributed by atoms with Gasteiger partial charge in [0.2, 0.25) is 0 Å². The zero-order valence-electron chi connectivity index (χ0n) is 13.8. The van der Waals surface area contributed by atoms with Crippen LogP contribution in [0, 0.1) is 0 Å². The third kappa shape index (κ3) is 3.45. The third-order valence-corrected chi connectivity index (χ3v) is 4.20. The number of amides is 1. The lowest BCUT2D eigenvalue weighted by molar-refractivity contribution is 0.0254. The standard InChI is InChI=1S/C17H19BrFN3O2/c1-17(2,3)24-16(23)22-5-4-11(14(19)9-22)13-8-21-15-12(13)6-10(18)7-20-15/h6-8H,4-5,9H2,1-3H3,(H,20,21). The summed E-state index contributed by atoms with van der Waals surface area (Å²) >= 11 is 3.39. The summed E-state index contributed by atoms with van der Waals surface area (Å²) in [6, 6.07) is 1.91. The first-order chi connectivity index (χ1) is 11.2. The van der Waals surface area contributed by atoms with Crippen molar-refractivity contribution in [2.45, 2.75) is 32.8 Å². The second-order valence-electron chi connectivity index (χ2n) is 6.79. The molecular formula is C17H19BrFN3O2. The van der Waals surface area contributed by atoms with Crippen molar-refractivity contribution in [3.05, 3.63) is 34.3 Å². The Bertz CT molecular complexity index is 823. The molecule has 2 aromatic rings. The fourth-order valence-corrected chi connectivity index (χ4v) is 3.05. The Balaban J connectivity index is 1.86. The molecule has 1 aliphatic rings. The highest BCUT2D eigenvalue weighted by atomic mass is 79.9. The molecule has 0 aliphatic carbocycles. The number of carbonyl (C=O) groups is 1. The van der Waals surface area contributed by atoms with Gasteiger partial charge in [0.15, 0.2) is 0 Å². The minimum absolute atomic E-state index is 0.0711. The Labute approximate surface area is 148 Å². The van der Waals surface area contributed by atoms with E-state index in [1.165, 1.54) is 4.90 Å². The van der Waals surface area contributed by atoms with Crippen molar-refractivity contribution in [1.29, 1.82) is 0 Å². The minimum atomic E-state index is -0.591. The molecule has 24 heavy (non-hydrogen) atoms. The predicted molar refractivity (Wildman–Crippen MR) is 94.2 cm³/mol. The largest absolute Gasteiger partial charge is 0.444 e. The van der Waals surface area contributed by atoms with Crippen molar-refractivity contribution >= 4 is 38.6 Å². The zero-order valence-corrected chi connectivity index (χ0v) is 15.4. The Morgan fingerprint density at radius 2 is 2.21 bits per heavy atom. The molecule has 128 valence electrons. The van der Waals surface area contributed by atoms with Crippen molar-refractivity contribution in [3.8, 4) is 0 Å². The molecule has 0 aromatic carbocycles. The molecular weight excluding hydrogens is 377 g/mol. The third-order valence-electron chi connectivity index (χ3n) is 3.76. The molecule has 2 aromatic heterocycles. The minimum Gasteiger partial charge on any atom is -0.444 e. The average molecular weight is 396 g/mol. The maximum absolute atomic E-state index is 14.7. The van der Waals surface area contributed by atoms with Crippen LogP contribution in [0.2, 0.25) is 0 Å². The van der Waals surface area contributed by atoms with Crippen LogP contribution in [0.15, 0.2) is 28.8 Å². The van der Waals surface area contributed by atoms with E-state index < -0.39 is 11.7 Å². The van der Waals surface area contributed by atoms with Crippen molar-refractivity contribution in [2.75, 3.05) is 13.1 Å². The molecule has 1 amide bonds. The maximum Gasteiger partial charge on any atom is 0.410 e. The number of H-pyrrole nitrogens is 1. The van der Waals surface area contributed by atoms with Crippen LogP contribution < -0.4 is 0 Å². The lowest BCUT2D eigenvalue weighted by Crippen LogP contribution is -2.40. The number of nitrogens with zero attached hydrogens (tertiary/aromatic N) is 2. The Kier molecular flexibility index (Phi) is 4.38. The van der Waals surface area contributed by atoms with Gasteiger partial charge in [-0.1, -0.05) is 0 Å². The molecule has 3 rings (SSSR count). The highest BCUT2D eigenvalue weighted by molar-refractivity contribution is 9.10. The summed E-state index contributed by atoms with van der Waals surface area (Å²) in [4.78, 5) is 20.8. The van der Waals surface area contributed by atoms with Crippen molar-refractivity contribution in [3.63, 3.8) is 0 Å². The number of carbonyl (C=O) groups excluding carboxylic acids is 1. The number of ether oxygens (including phenoxy) is 1. The first-order valence-corrected chi connectivity index (χ1v) is 8.52. The monoisotopic (exact) mass is 395 g/mol. The number of hydrogen-bond donors (Lipinski definition) is 1. The van der Waals surface area contributed by atoms with Crippen LogP contribution >= 0.6 is 15.9 Å². The zero-order chi connectivity index (χ0) is 17.5. The van der Waals surface area contributed by atoms with Gasteiger partial charge in [0.25, 0.3) is 0 Å². The number of rotatable bonds is 1. The summed E-state index contributed by atoms with van der Waals surface area (Å²) in [5.74, 6) is -0.312. The summed E-state index contributed by atoms with van der Waals surface area (Å²) in [6.07, 6.45) is 3.41. The van der Waals surface area contributed by atoms with Gasteiger partial charge in [-0.25, -0.2) is 14.2 Å². The van der Waals surface area contributed by atoms with E-state index in [0.29, 0.717) is 24.2 Å². The summed E-state index contributed by atoms with van der Waals surface area (Å²) in [6.45, 7) is 5.74. The number of aromatic amines is 1. The van der Waals surface area contributed by atoms with E-state index in [0.717, 1.165) is 15.4 Å².